The molecule has 0 spiro atoms. The standard InChI is InChI=1S/C12H24N4O2.HI/c1-10-3-6-16(7-4-10)12(13)15-9-11(17)14-5-8-18-2;/h10H,3-9H2,1-2H3,(H2,13,15)(H,14,17);1H. The van der Waals surface area contributed by atoms with Crippen molar-refractivity contribution in [3.63, 3.8) is 0 Å². The van der Waals surface area contributed by atoms with E-state index < -0.39 is 0 Å². The number of hydrogen-bond donors (Lipinski definition) is 2. The van der Waals surface area contributed by atoms with Gasteiger partial charge in [-0.2, -0.15) is 0 Å². The van der Waals surface area contributed by atoms with Crippen LogP contribution in [-0.4, -0.2) is 56.7 Å². The highest BCUT2D eigenvalue weighted by molar-refractivity contribution is 14.0. The number of carbonyl (C=O) groups is 1. The fraction of sp³-hybridized carbons (Fsp3) is 0.833. The van der Waals surface area contributed by atoms with Crippen LogP contribution in [0.5, 0.6) is 0 Å². The van der Waals surface area contributed by atoms with Crippen molar-refractivity contribution in [3.05, 3.63) is 0 Å². The summed E-state index contributed by atoms with van der Waals surface area (Å²) in [5.41, 5.74) is 5.87. The molecule has 112 valence electrons. The molecule has 0 aromatic rings. The van der Waals surface area contributed by atoms with Gasteiger partial charge in [0.1, 0.15) is 6.54 Å². The number of piperidine rings is 1. The van der Waals surface area contributed by atoms with Gasteiger partial charge < -0.3 is 20.7 Å². The molecule has 0 unspecified atom stereocenters. The quantitative estimate of drug-likeness (QED) is 0.312. The molecule has 1 amide bonds. The second kappa shape index (κ2) is 10.2. The summed E-state index contributed by atoms with van der Waals surface area (Å²) < 4.78 is 4.84. The van der Waals surface area contributed by atoms with Gasteiger partial charge in [-0.25, -0.2) is 4.99 Å². The van der Waals surface area contributed by atoms with Crippen LogP contribution < -0.4 is 11.1 Å². The predicted molar refractivity (Wildman–Crippen MR) is 86.8 cm³/mol. The lowest BCUT2D eigenvalue weighted by molar-refractivity contribution is -0.119. The number of nitrogens with two attached hydrogens (primary N) is 1. The first-order valence-electron chi connectivity index (χ1n) is 6.44. The van der Waals surface area contributed by atoms with Crippen molar-refractivity contribution in [1.82, 2.24) is 10.2 Å². The van der Waals surface area contributed by atoms with E-state index in [4.69, 9.17) is 10.5 Å². The van der Waals surface area contributed by atoms with Crippen LogP contribution in [0.15, 0.2) is 4.99 Å². The number of guanidine groups is 1. The molecule has 1 saturated heterocycles. The van der Waals surface area contributed by atoms with Crippen LogP contribution in [0.1, 0.15) is 19.8 Å². The van der Waals surface area contributed by atoms with Crippen molar-refractivity contribution in [2.45, 2.75) is 19.8 Å². The van der Waals surface area contributed by atoms with Gasteiger partial charge in [0.25, 0.3) is 0 Å². The predicted octanol–water partition coefficient (Wildman–Crippen LogP) is 0.414. The number of hydrogen-bond acceptors (Lipinski definition) is 3. The van der Waals surface area contributed by atoms with Crippen LogP contribution in [0.25, 0.3) is 0 Å². The number of ether oxygens (including phenoxy) is 1. The number of rotatable bonds is 5. The van der Waals surface area contributed by atoms with Crippen LogP contribution in [0.4, 0.5) is 0 Å². The van der Waals surface area contributed by atoms with Crippen LogP contribution in [0.3, 0.4) is 0 Å². The van der Waals surface area contributed by atoms with Gasteiger partial charge in [0.05, 0.1) is 6.61 Å². The molecule has 6 nitrogen and oxygen atoms in total. The van der Waals surface area contributed by atoms with Crippen molar-refractivity contribution in [1.29, 1.82) is 0 Å². The molecule has 0 aromatic carbocycles. The summed E-state index contributed by atoms with van der Waals surface area (Å²) in [6, 6.07) is 0. The van der Waals surface area contributed by atoms with Gasteiger partial charge >= 0.3 is 0 Å². The smallest absolute Gasteiger partial charge is 0.241 e. The highest BCUT2D eigenvalue weighted by atomic mass is 127. The molecule has 7 heteroatoms. The van der Waals surface area contributed by atoms with Crippen molar-refractivity contribution < 1.29 is 9.53 Å². The van der Waals surface area contributed by atoms with Gasteiger partial charge in [-0.05, 0) is 18.8 Å². The first-order chi connectivity index (χ1) is 8.63. The SMILES string of the molecule is COCCNC(=O)CN=C(N)N1CCC(C)CC1.I. The molecule has 0 saturated carbocycles. The Morgan fingerprint density at radius 3 is 2.68 bits per heavy atom. The molecular formula is C12H25IN4O2. The zero-order valence-corrected chi connectivity index (χ0v) is 14.1. The van der Waals surface area contributed by atoms with Crippen molar-refractivity contribution in [2.75, 3.05) is 39.9 Å². The zero-order valence-electron chi connectivity index (χ0n) is 11.7. The Kier molecular flexibility index (Phi) is 9.94. The lowest BCUT2D eigenvalue weighted by Gasteiger charge is -2.30. The van der Waals surface area contributed by atoms with Gasteiger partial charge in [0.2, 0.25) is 5.91 Å². The molecule has 1 rings (SSSR count). The lowest BCUT2D eigenvalue weighted by atomic mass is 10.00. The fourth-order valence-electron chi connectivity index (χ4n) is 1.84. The number of amides is 1. The van der Waals surface area contributed by atoms with E-state index in [-0.39, 0.29) is 36.4 Å². The molecule has 0 aliphatic carbocycles. The average Bonchev–Trinajstić information content (AvgIpc) is 2.37. The van der Waals surface area contributed by atoms with Crippen molar-refractivity contribution in [3.8, 4) is 0 Å². The zero-order chi connectivity index (χ0) is 13.4. The Labute approximate surface area is 132 Å². The molecule has 3 N–H and O–H groups in total. The first-order valence-corrected chi connectivity index (χ1v) is 6.44. The van der Waals surface area contributed by atoms with E-state index in [1.165, 1.54) is 0 Å². The summed E-state index contributed by atoms with van der Waals surface area (Å²) in [5.74, 6) is 1.11. The fourth-order valence-corrected chi connectivity index (χ4v) is 1.84. The van der Waals surface area contributed by atoms with E-state index in [0.29, 0.717) is 19.1 Å². The summed E-state index contributed by atoms with van der Waals surface area (Å²) in [6.45, 7) is 5.21. The molecule has 0 atom stereocenters. The number of likely N-dealkylation sites (tertiary alicyclic amines) is 1. The molecule has 0 aromatic heterocycles. The summed E-state index contributed by atoms with van der Waals surface area (Å²) in [5, 5.41) is 2.70. The normalized spacial score (nSPS) is 16.9. The third-order valence-corrected chi connectivity index (χ3v) is 3.12. The highest BCUT2D eigenvalue weighted by Crippen LogP contribution is 2.15. The summed E-state index contributed by atoms with van der Waals surface area (Å²) in [7, 11) is 1.60. The minimum atomic E-state index is -0.125. The molecule has 0 bridgehead atoms. The number of aliphatic imine (C=N–C) groups is 1. The second-order valence-electron chi connectivity index (χ2n) is 4.69. The Hall–Kier alpha value is -0.570. The summed E-state index contributed by atoms with van der Waals surface area (Å²) in [4.78, 5) is 17.6. The Morgan fingerprint density at radius 2 is 2.11 bits per heavy atom. The van der Waals surface area contributed by atoms with Crippen LogP contribution >= 0.6 is 24.0 Å². The Balaban J connectivity index is 0.00000324. The van der Waals surface area contributed by atoms with Crippen molar-refractivity contribution >= 4 is 35.8 Å². The maximum absolute atomic E-state index is 11.4. The lowest BCUT2D eigenvalue weighted by Crippen LogP contribution is -2.43. The first kappa shape index (κ1) is 18.4. The average molecular weight is 384 g/mol. The van der Waals surface area contributed by atoms with E-state index >= 15 is 0 Å². The minimum absolute atomic E-state index is 0. The Bertz CT molecular complexity index is 291. The maximum atomic E-state index is 11.4. The van der Waals surface area contributed by atoms with E-state index in [0.717, 1.165) is 31.8 Å². The Morgan fingerprint density at radius 1 is 1.47 bits per heavy atom. The van der Waals surface area contributed by atoms with E-state index in [9.17, 15) is 4.79 Å². The highest BCUT2D eigenvalue weighted by Gasteiger charge is 2.16. The second-order valence-corrected chi connectivity index (χ2v) is 4.69. The van der Waals surface area contributed by atoms with E-state index in [1.807, 2.05) is 4.90 Å². The molecule has 1 aliphatic heterocycles. The molecule has 0 radical (unpaired) electrons. The monoisotopic (exact) mass is 384 g/mol. The number of carbonyl (C=O) groups excluding carboxylic acids is 1. The van der Waals surface area contributed by atoms with E-state index in [2.05, 4.69) is 17.2 Å². The molecule has 1 fully saturated rings. The van der Waals surface area contributed by atoms with Crippen LogP contribution in [-0.2, 0) is 9.53 Å². The topological polar surface area (TPSA) is 79.9 Å². The maximum Gasteiger partial charge on any atom is 0.241 e. The number of nitrogens with one attached hydrogen (secondary N) is 1. The summed E-state index contributed by atoms with van der Waals surface area (Å²) in [6.07, 6.45) is 2.27. The molecule has 1 heterocycles. The number of halogens is 1. The van der Waals surface area contributed by atoms with Crippen molar-refractivity contribution in [2.24, 2.45) is 16.6 Å². The largest absolute Gasteiger partial charge is 0.383 e. The third kappa shape index (κ3) is 7.56. The van der Waals surface area contributed by atoms with Gasteiger partial charge in [-0.3, -0.25) is 4.79 Å². The molecular weight excluding hydrogens is 359 g/mol. The van der Waals surface area contributed by atoms with Gasteiger partial charge in [0, 0.05) is 26.7 Å². The van der Waals surface area contributed by atoms with Gasteiger partial charge in [-0.1, -0.05) is 6.92 Å². The third-order valence-electron chi connectivity index (χ3n) is 3.12. The van der Waals surface area contributed by atoms with Crippen LogP contribution in [0, 0.1) is 5.92 Å². The number of nitrogens with zero attached hydrogens (tertiary/aromatic N) is 2. The van der Waals surface area contributed by atoms with Crippen LogP contribution in [0.2, 0.25) is 0 Å². The van der Waals surface area contributed by atoms with Gasteiger partial charge in [0.15, 0.2) is 5.96 Å². The number of methoxy groups -OCH3 is 1. The molecule has 19 heavy (non-hydrogen) atoms. The van der Waals surface area contributed by atoms with Gasteiger partial charge in [-0.15, -0.1) is 24.0 Å². The molecule has 1 aliphatic rings. The minimum Gasteiger partial charge on any atom is -0.383 e. The summed E-state index contributed by atoms with van der Waals surface area (Å²) >= 11 is 0. The van der Waals surface area contributed by atoms with E-state index in [1.54, 1.807) is 7.11 Å².